The van der Waals surface area contributed by atoms with Gasteiger partial charge in [0.15, 0.2) is 5.69 Å². The molecule has 20 heavy (non-hydrogen) atoms. The van der Waals surface area contributed by atoms with Gasteiger partial charge in [0.2, 0.25) is 0 Å². The average Bonchev–Trinajstić information content (AvgIpc) is 3.07. The van der Waals surface area contributed by atoms with E-state index in [1.807, 2.05) is 0 Å². The lowest BCUT2D eigenvalue weighted by atomic mass is 10.0. The van der Waals surface area contributed by atoms with Gasteiger partial charge in [-0.1, -0.05) is 23.4 Å². The lowest BCUT2D eigenvalue weighted by Crippen LogP contribution is -2.31. The Hall–Kier alpha value is -2.17. The predicted molar refractivity (Wildman–Crippen MR) is 70.7 cm³/mol. The van der Waals surface area contributed by atoms with Gasteiger partial charge < -0.3 is 9.42 Å². The Bertz CT molecular complexity index is 638. The van der Waals surface area contributed by atoms with Crippen molar-refractivity contribution in [1.29, 1.82) is 0 Å². The summed E-state index contributed by atoms with van der Waals surface area (Å²) in [5, 5.41) is 3.75. The molecular formula is C15H15FN2O2. The normalized spacial score (nSPS) is 18.5. The molecule has 0 unspecified atom stereocenters. The van der Waals surface area contributed by atoms with Crippen molar-refractivity contribution in [3.8, 4) is 0 Å². The summed E-state index contributed by atoms with van der Waals surface area (Å²) in [6, 6.07) is 8.00. The number of amides is 1. The van der Waals surface area contributed by atoms with Gasteiger partial charge in [-0.3, -0.25) is 4.79 Å². The zero-order chi connectivity index (χ0) is 14.1. The highest BCUT2D eigenvalue weighted by Crippen LogP contribution is 2.34. The second-order valence-corrected chi connectivity index (χ2v) is 5.00. The monoisotopic (exact) mass is 274 g/mol. The molecule has 4 nitrogen and oxygen atoms in total. The minimum atomic E-state index is -0.270. The summed E-state index contributed by atoms with van der Waals surface area (Å²) in [6.45, 7) is 2.35. The summed E-state index contributed by atoms with van der Waals surface area (Å²) in [4.78, 5) is 14.1. The number of benzene rings is 1. The number of aromatic nitrogens is 1. The molecule has 1 atom stereocenters. The van der Waals surface area contributed by atoms with Crippen molar-refractivity contribution in [3.63, 3.8) is 0 Å². The molecule has 2 heterocycles. The van der Waals surface area contributed by atoms with Crippen LogP contribution < -0.4 is 0 Å². The maximum absolute atomic E-state index is 13.9. The Balaban J connectivity index is 1.90. The Labute approximate surface area is 116 Å². The van der Waals surface area contributed by atoms with Gasteiger partial charge in [-0.15, -0.1) is 0 Å². The maximum Gasteiger partial charge on any atom is 0.276 e. The lowest BCUT2D eigenvalue weighted by Gasteiger charge is -2.24. The molecule has 1 aromatic heterocycles. The molecule has 5 heteroatoms. The van der Waals surface area contributed by atoms with E-state index in [1.54, 1.807) is 36.1 Å². The number of hydrogen-bond acceptors (Lipinski definition) is 3. The molecule has 104 valence electrons. The number of halogens is 1. The van der Waals surface area contributed by atoms with Crippen LogP contribution in [0.4, 0.5) is 4.39 Å². The summed E-state index contributed by atoms with van der Waals surface area (Å²) in [7, 11) is 0. The Morgan fingerprint density at radius 2 is 2.25 bits per heavy atom. The van der Waals surface area contributed by atoms with Gasteiger partial charge in [-0.05, 0) is 25.8 Å². The van der Waals surface area contributed by atoms with Gasteiger partial charge in [0, 0.05) is 18.2 Å². The fourth-order valence-electron chi connectivity index (χ4n) is 2.69. The van der Waals surface area contributed by atoms with Gasteiger partial charge in [0.05, 0.1) is 6.04 Å². The average molecular weight is 274 g/mol. The molecule has 0 saturated carbocycles. The van der Waals surface area contributed by atoms with Crippen LogP contribution in [0.2, 0.25) is 0 Å². The van der Waals surface area contributed by atoms with Crippen LogP contribution in [0, 0.1) is 12.7 Å². The van der Waals surface area contributed by atoms with E-state index in [0.717, 1.165) is 12.8 Å². The van der Waals surface area contributed by atoms with E-state index in [-0.39, 0.29) is 23.5 Å². The summed E-state index contributed by atoms with van der Waals surface area (Å²) in [5.74, 6) is 0.121. The molecule has 0 bridgehead atoms. The third-order valence-corrected chi connectivity index (χ3v) is 3.62. The molecule has 1 aliphatic rings. The van der Waals surface area contributed by atoms with E-state index in [4.69, 9.17) is 4.52 Å². The van der Waals surface area contributed by atoms with Crippen LogP contribution in [0.1, 0.15) is 40.7 Å². The maximum atomic E-state index is 13.9. The number of aryl methyl sites for hydroxylation is 1. The molecule has 1 amide bonds. The molecule has 3 rings (SSSR count). The van der Waals surface area contributed by atoms with Crippen LogP contribution in [0.15, 0.2) is 34.9 Å². The lowest BCUT2D eigenvalue weighted by molar-refractivity contribution is 0.0723. The molecule has 1 saturated heterocycles. The molecule has 0 spiro atoms. The van der Waals surface area contributed by atoms with Crippen LogP contribution in [-0.4, -0.2) is 22.5 Å². The summed E-state index contributed by atoms with van der Waals surface area (Å²) in [5.41, 5.74) is 0.851. The van der Waals surface area contributed by atoms with Crippen molar-refractivity contribution >= 4 is 5.91 Å². The first-order chi connectivity index (χ1) is 9.66. The van der Waals surface area contributed by atoms with E-state index >= 15 is 0 Å². The zero-order valence-corrected chi connectivity index (χ0v) is 11.2. The van der Waals surface area contributed by atoms with Crippen LogP contribution in [0.25, 0.3) is 0 Å². The van der Waals surface area contributed by atoms with Crippen molar-refractivity contribution in [3.05, 3.63) is 53.2 Å². The first-order valence-electron chi connectivity index (χ1n) is 6.65. The third-order valence-electron chi connectivity index (χ3n) is 3.62. The van der Waals surface area contributed by atoms with Crippen LogP contribution in [-0.2, 0) is 0 Å². The number of nitrogens with zero attached hydrogens (tertiary/aromatic N) is 2. The first-order valence-corrected chi connectivity index (χ1v) is 6.65. The largest absolute Gasteiger partial charge is 0.361 e. The zero-order valence-electron chi connectivity index (χ0n) is 11.2. The Kier molecular flexibility index (Phi) is 3.26. The number of hydrogen-bond donors (Lipinski definition) is 0. The highest BCUT2D eigenvalue weighted by atomic mass is 19.1. The second-order valence-electron chi connectivity index (χ2n) is 5.00. The SMILES string of the molecule is Cc1cc(C(=O)N2CCC[C@@H]2c2ccccc2F)no1. The summed E-state index contributed by atoms with van der Waals surface area (Å²) < 4.78 is 18.9. The molecule has 0 N–H and O–H groups in total. The van der Waals surface area contributed by atoms with E-state index in [9.17, 15) is 9.18 Å². The topological polar surface area (TPSA) is 46.3 Å². The minimum Gasteiger partial charge on any atom is -0.361 e. The Morgan fingerprint density at radius 3 is 2.95 bits per heavy atom. The number of carbonyl (C=O) groups is 1. The van der Waals surface area contributed by atoms with Crippen LogP contribution >= 0.6 is 0 Å². The fourth-order valence-corrected chi connectivity index (χ4v) is 2.69. The number of likely N-dealkylation sites (tertiary alicyclic amines) is 1. The quantitative estimate of drug-likeness (QED) is 0.845. The fraction of sp³-hybridized carbons (Fsp3) is 0.333. The van der Waals surface area contributed by atoms with E-state index in [0.29, 0.717) is 17.9 Å². The number of rotatable bonds is 2. The Morgan fingerprint density at radius 1 is 1.45 bits per heavy atom. The predicted octanol–water partition coefficient (Wildman–Crippen LogP) is 3.10. The smallest absolute Gasteiger partial charge is 0.276 e. The van der Waals surface area contributed by atoms with Gasteiger partial charge in [-0.2, -0.15) is 0 Å². The van der Waals surface area contributed by atoms with E-state index in [2.05, 4.69) is 5.16 Å². The van der Waals surface area contributed by atoms with Crippen molar-refractivity contribution in [2.75, 3.05) is 6.54 Å². The van der Waals surface area contributed by atoms with Gasteiger partial charge in [0.1, 0.15) is 11.6 Å². The molecule has 1 fully saturated rings. The van der Waals surface area contributed by atoms with Gasteiger partial charge >= 0.3 is 0 Å². The molecule has 0 aliphatic carbocycles. The van der Waals surface area contributed by atoms with Crippen LogP contribution in [0.5, 0.6) is 0 Å². The van der Waals surface area contributed by atoms with E-state index in [1.165, 1.54) is 6.07 Å². The highest BCUT2D eigenvalue weighted by Gasteiger charge is 2.33. The molecule has 1 aromatic carbocycles. The third kappa shape index (κ3) is 2.19. The van der Waals surface area contributed by atoms with Crippen molar-refractivity contribution in [1.82, 2.24) is 10.1 Å². The minimum absolute atomic E-state index is 0.201. The highest BCUT2D eigenvalue weighted by molar-refractivity contribution is 5.92. The summed E-state index contributed by atoms with van der Waals surface area (Å²) >= 11 is 0. The van der Waals surface area contributed by atoms with Crippen molar-refractivity contribution in [2.24, 2.45) is 0 Å². The number of carbonyl (C=O) groups excluding carboxylic acids is 1. The second kappa shape index (κ2) is 5.07. The first kappa shape index (κ1) is 12.8. The van der Waals surface area contributed by atoms with Crippen molar-refractivity contribution < 1.29 is 13.7 Å². The molecular weight excluding hydrogens is 259 g/mol. The summed E-state index contributed by atoms with van der Waals surface area (Å²) in [6.07, 6.45) is 1.63. The molecule has 1 aliphatic heterocycles. The van der Waals surface area contributed by atoms with Crippen molar-refractivity contribution in [2.45, 2.75) is 25.8 Å². The van der Waals surface area contributed by atoms with Gasteiger partial charge in [0.25, 0.3) is 5.91 Å². The molecule has 0 radical (unpaired) electrons. The molecule has 2 aromatic rings. The standard InChI is InChI=1S/C15H15FN2O2/c1-10-9-13(17-20-10)15(19)18-8-4-7-14(18)11-5-2-3-6-12(11)16/h2-3,5-6,9,14H,4,7-8H2,1H3/t14-/m1/s1. The van der Waals surface area contributed by atoms with E-state index < -0.39 is 0 Å². The van der Waals surface area contributed by atoms with Crippen LogP contribution in [0.3, 0.4) is 0 Å². The van der Waals surface area contributed by atoms with Gasteiger partial charge in [-0.25, -0.2) is 4.39 Å².